The molecule has 3 heteroatoms. The van der Waals surface area contributed by atoms with Gasteiger partial charge < -0.3 is 9.84 Å². The molecule has 0 saturated carbocycles. The van der Waals surface area contributed by atoms with Gasteiger partial charge in [-0.1, -0.05) is 24.3 Å². The summed E-state index contributed by atoms with van der Waals surface area (Å²) in [6, 6.07) is 11.2. The van der Waals surface area contributed by atoms with Crippen molar-refractivity contribution in [2.24, 2.45) is 5.92 Å². The highest BCUT2D eigenvalue weighted by atomic mass is 19.1. The maximum atomic E-state index is 14.2. The Hall–Kier alpha value is -1.87. The van der Waals surface area contributed by atoms with E-state index in [0.29, 0.717) is 18.6 Å². The Balaban J connectivity index is 1.89. The molecule has 1 heterocycles. The second-order valence-corrected chi connectivity index (χ2v) is 5.81. The van der Waals surface area contributed by atoms with Crippen molar-refractivity contribution in [2.75, 3.05) is 6.61 Å². The monoisotopic (exact) mass is 286 g/mol. The van der Waals surface area contributed by atoms with E-state index in [1.807, 2.05) is 44.2 Å². The van der Waals surface area contributed by atoms with Crippen LogP contribution in [0.3, 0.4) is 0 Å². The lowest BCUT2D eigenvalue weighted by atomic mass is 9.86. The van der Waals surface area contributed by atoms with Gasteiger partial charge in [-0.3, -0.25) is 0 Å². The third-order valence-electron chi connectivity index (χ3n) is 4.13. The molecule has 0 aromatic heterocycles. The SMILES string of the molecule is Cc1cc(C)c(C(O)C2COc3ccccc3C2)c(F)c1. The first kappa shape index (κ1) is 14.1. The Morgan fingerprint density at radius 3 is 2.76 bits per heavy atom. The van der Waals surface area contributed by atoms with Crippen LogP contribution in [-0.2, 0) is 6.42 Å². The number of para-hydroxylation sites is 1. The second kappa shape index (κ2) is 5.49. The van der Waals surface area contributed by atoms with E-state index < -0.39 is 6.10 Å². The van der Waals surface area contributed by atoms with Crippen molar-refractivity contribution in [1.82, 2.24) is 0 Å². The van der Waals surface area contributed by atoms with Gasteiger partial charge in [-0.25, -0.2) is 4.39 Å². The highest BCUT2D eigenvalue weighted by molar-refractivity contribution is 5.37. The van der Waals surface area contributed by atoms with Crippen LogP contribution in [0.4, 0.5) is 4.39 Å². The van der Waals surface area contributed by atoms with Gasteiger partial charge in [0.2, 0.25) is 0 Å². The fourth-order valence-corrected chi connectivity index (χ4v) is 3.09. The molecule has 21 heavy (non-hydrogen) atoms. The lowest BCUT2D eigenvalue weighted by molar-refractivity contribution is 0.0614. The van der Waals surface area contributed by atoms with Crippen LogP contribution >= 0.6 is 0 Å². The molecule has 110 valence electrons. The molecule has 1 N–H and O–H groups in total. The van der Waals surface area contributed by atoms with E-state index in [2.05, 4.69) is 0 Å². The van der Waals surface area contributed by atoms with E-state index in [0.717, 1.165) is 22.4 Å². The Bertz CT molecular complexity index is 643. The van der Waals surface area contributed by atoms with E-state index in [1.54, 1.807) is 0 Å². The lowest BCUT2D eigenvalue weighted by Crippen LogP contribution is -2.27. The number of ether oxygens (including phenoxy) is 1. The van der Waals surface area contributed by atoms with E-state index in [9.17, 15) is 9.50 Å². The number of aliphatic hydroxyl groups excluding tert-OH is 1. The molecule has 3 rings (SSSR count). The first-order valence-corrected chi connectivity index (χ1v) is 7.21. The van der Waals surface area contributed by atoms with Crippen molar-refractivity contribution in [3.05, 3.63) is 64.5 Å². The lowest BCUT2D eigenvalue weighted by Gasteiger charge is -2.30. The third-order valence-corrected chi connectivity index (χ3v) is 4.13. The van der Waals surface area contributed by atoms with Gasteiger partial charge in [0.15, 0.2) is 0 Å². The van der Waals surface area contributed by atoms with E-state index in [-0.39, 0.29) is 11.7 Å². The molecule has 2 nitrogen and oxygen atoms in total. The number of hydrogen-bond donors (Lipinski definition) is 1. The third kappa shape index (κ3) is 2.66. The number of aliphatic hydroxyl groups is 1. The average Bonchev–Trinajstić information content (AvgIpc) is 2.45. The predicted molar refractivity (Wildman–Crippen MR) is 80.0 cm³/mol. The normalized spacial score (nSPS) is 18.8. The zero-order chi connectivity index (χ0) is 15.0. The van der Waals surface area contributed by atoms with Gasteiger partial charge in [0.25, 0.3) is 0 Å². The number of halogens is 1. The number of hydrogen-bond acceptors (Lipinski definition) is 2. The van der Waals surface area contributed by atoms with Crippen LogP contribution in [0.5, 0.6) is 5.75 Å². The van der Waals surface area contributed by atoms with Crippen molar-refractivity contribution in [2.45, 2.75) is 26.4 Å². The fourth-order valence-electron chi connectivity index (χ4n) is 3.09. The minimum absolute atomic E-state index is 0.129. The minimum atomic E-state index is -0.848. The Kier molecular flexibility index (Phi) is 3.68. The van der Waals surface area contributed by atoms with Crippen LogP contribution in [-0.4, -0.2) is 11.7 Å². The van der Waals surface area contributed by atoms with E-state index in [4.69, 9.17) is 4.74 Å². The molecule has 0 bridgehead atoms. The van der Waals surface area contributed by atoms with Crippen molar-refractivity contribution in [1.29, 1.82) is 0 Å². The Morgan fingerprint density at radius 2 is 2.00 bits per heavy atom. The van der Waals surface area contributed by atoms with Gasteiger partial charge in [0.05, 0.1) is 12.7 Å². The molecule has 2 unspecified atom stereocenters. The molecule has 0 fully saturated rings. The van der Waals surface area contributed by atoms with Crippen molar-refractivity contribution >= 4 is 0 Å². The molecule has 0 spiro atoms. The van der Waals surface area contributed by atoms with Crippen molar-refractivity contribution < 1.29 is 14.2 Å². The molecule has 1 aliphatic rings. The maximum absolute atomic E-state index is 14.2. The molecular weight excluding hydrogens is 267 g/mol. The summed E-state index contributed by atoms with van der Waals surface area (Å²) in [6.07, 6.45) is -0.150. The van der Waals surface area contributed by atoms with Crippen LogP contribution in [0.25, 0.3) is 0 Å². The predicted octanol–water partition coefficient (Wildman–Crippen LogP) is 3.73. The summed E-state index contributed by atoms with van der Waals surface area (Å²) in [4.78, 5) is 0. The van der Waals surface area contributed by atoms with Gasteiger partial charge in [-0.2, -0.15) is 0 Å². The standard InChI is InChI=1S/C18H19FO2/c1-11-7-12(2)17(15(19)8-11)18(20)14-9-13-5-3-4-6-16(13)21-10-14/h3-8,14,18,20H,9-10H2,1-2H3. The van der Waals surface area contributed by atoms with Gasteiger partial charge in [0, 0.05) is 11.5 Å². The molecule has 0 saturated heterocycles. The molecule has 1 aliphatic heterocycles. The first-order valence-electron chi connectivity index (χ1n) is 7.21. The van der Waals surface area contributed by atoms with Crippen LogP contribution in [0.2, 0.25) is 0 Å². The highest BCUT2D eigenvalue weighted by Crippen LogP contribution is 2.35. The largest absolute Gasteiger partial charge is 0.493 e. The summed E-state index contributed by atoms with van der Waals surface area (Å²) < 4.78 is 19.9. The number of rotatable bonds is 2. The average molecular weight is 286 g/mol. The summed E-state index contributed by atoms with van der Waals surface area (Å²) >= 11 is 0. The Morgan fingerprint density at radius 1 is 1.24 bits per heavy atom. The van der Waals surface area contributed by atoms with E-state index in [1.165, 1.54) is 6.07 Å². The van der Waals surface area contributed by atoms with Crippen LogP contribution in [0.15, 0.2) is 36.4 Å². The van der Waals surface area contributed by atoms with Crippen LogP contribution in [0, 0.1) is 25.6 Å². The smallest absolute Gasteiger partial charge is 0.129 e. The van der Waals surface area contributed by atoms with Crippen molar-refractivity contribution in [3.8, 4) is 5.75 Å². The second-order valence-electron chi connectivity index (χ2n) is 5.81. The van der Waals surface area contributed by atoms with Gasteiger partial charge in [0.1, 0.15) is 11.6 Å². The minimum Gasteiger partial charge on any atom is -0.493 e. The van der Waals surface area contributed by atoms with Gasteiger partial charge in [-0.05, 0) is 49.1 Å². The zero-order valence-corrected chi connectivity index (χ0v) is 12.3. The summed E-state index contributed by atoms with van der Waals surface area (Å²) in [5.41, 5.74) is 3.12. The summed E-state index contributed by atoms with van der Waals surface area (Å²) in [5.74, 6) is 0.400. The molecule has 2 aromatic rings. The summed E-state index contributed by atoms with van der Waals surface area (Å²) in [5, 5.41) is 10.6. The molecule has 0 amide bonds. The van der Waals surface area contributed by atoms with Gasteiger partial charge in [-0.15, -0.1) is 0 Å². The molecular formula is C18H19FO2. The van der Waals surface area contributed by atoms with E-state index >= 15 is 0 Å². The summed E-state index contributed by atoms with van der Waals surface area (Å²) in [7, 11) is 0. The number of benzene rings is 2. The fraction of sp³-hybridized carbons (Fsp3) is 0.333. The molecule has 2 atom stereocenters. The number of aryl methyl sites for hydroxylation is 2. The maximum Gasteiger partial charge on any atom is 0.129 e. The van der Waals surface area contributed by atoms with Gasteiger partial charge >= 0.3 is 0 Å². The summed E-state index contributed by atoms with van der Waals surface area (Å²) in [6.45, 7) is 4.10. The molecule has 0 radical (unpaired) electrons. The quantitative estimate of drug-likeness (QED) is 0.911. The molecule has 0 aliphatic carbocycles. The topological polar surface area (TPSA) is 29.5 Å². The first-order chi connectivity index (χ1) is 10.1. The number of fused-ring (bicyclic) bond motifs is 1. The van der Waals surface area contributed by atoms with Crippen LogP contribution in [0.1, 0.15) is 28.4 Å². The Labute approximate surface area is 124 Å². The highest BCUT2D eigenvalue weighted by Gasteiger charge is 2.29. The zero-order valence-electron chi connectivity index (χ0n) is 12.3. The molecule has 2 aromatic carbocycles. The van der Waals surface area contributed by atoms with Crippen molar-refractivity contribution in [3.63, 3.8) is 0 Å². The van der Waals surface area contributed by atoms with Crippen LogP contribution < -0.4 is 4.74 Å².